The summed E-state index contributed by atoms with van der Waals surface area (Å²) in [4.78, 5) is 12.0. The minimum atomic E-state index is -0.145. The number of hydrogen-bond acceptors (Lipinski definition) is 1. The lowest BCUT2D eigenvalue weighted by Gasteiger charge is -2.07. The zero-order valence-electron chi connectivity index (χ0n) is 9.71. The Morgan fingerprint density at radius 3 is 2.67 bits per heavy atom. The van der Waals surface area contributed by atoms with E-state index in [0.29, 0.717) is 16.3 Å². The van der Waals surface area contributed by atoms with Gasteiger partial charge in [-0.05, 0) is 48.9 Å². The normalized spacial score (nSPS) is 10.2. The Bertz CT molecular complexity index is 598. The first-order valence-corrected chi connectivity index (χ1v) is 6.56. The minimum Gasteiger partial charge on any atom is -0.322 e. The molecule has 1 N–H and O–H groups in total. The quantitative estimate of drug-likeness (QED) is 0.855. The second kappa shape index (κ2) is 5.55. The van der Waals surface area contributed by atoms with Crippen LogP contribution in [0.5, 0.6) is 0 Å². The number of amides is 1. The number of anilines is 1. The van der Waals surface area contributed by atoms with Crippen LogP contribution in [0.25, 0.3) is 0 Å². The van der Waals surface area contributed by atoms with E-state index in [0.717, 1.165) is 10.0 Å². The summed E-state index contributed by atoms with van der Waals surface area (Å²) in [6, 6.07) is 12.6. The topological polar surface area (TPSA) is 29.1 Å². The van der Waals surface area contributed by atoms with Crippen molar-refractivity contribution in [1.82, 2.24) is 0 Å². The Balaban J connectivity index is 2.19. The predicted octanol–water partition coefficient (Wildman–Crippen LogP) is 4.66. The lowest BCUT2D eigenvalue weighted by Crippen LogP contribution is -2.11. The molecule has 0 heterocycles. The van der Waals surface area contributed by atoms with Crippen LogP contribution in [0.1, 0.15) is 15.9 Å². The van der Waals surface area contributed by atoms with Gasteiger partial charge in [0.2, 0.25) is 0 Å². The summed E-state index contributed by atoms with van der Waals surface area (Å²) in [7, 11) is 0. The third-order valence-corrected chi connectivity index (χ3v) is 3.63. The number of nitrogens with one attached hydrogen (secondary N) is 1. The Labute approximate surface area is 119 Å². The molecule has 0 fully saturated rings. The molecule has 0 bridgehead atoms. The molecular formula is C14H11BrClNO. The van der Waals surface area contributed by atoms with Gasteiger partial charge in [0.05, 0.1) is 0 Å². The highest BCUT2D eigenvalue weighted by Gasteiger charge is 2.07. The van der Waals surface area contributed by atoms with Gasteiger partial charge < -0.3 is 5.32 Å². The molecule has 0 aromatic heterocycles. The van der Waals surface area contributed by atoms with Gasteiger partial charge in [-0.3, -0.25) is 4.79 Å². The van der Waals surface area contributed by atoms with Crippen molar-refractivity contribution in [3.8, 4) is 0 Å². The molecule has 0 saturated carbocycles. The summed E-state index contributed by atoms with van der Waals surface area (Å²) < 4.78 is 0.988. The smallest absolute Gasteiger partial charge is 0.255 e. The average Bonchev–Trinajstić information content (AvgIpc) is 2.32. The number of aryl methyl sites for hydroxylation is 1. The molecule has 2 aromatic carbocycles. The van der Waals surface area contributed by atoms with Crippen molar-refractivity contribution < 1.29 is 4.79 Å². The van der Waals surface area contributed by atoms with Gasteiger partial charge in [-0.2, -0.15) is 0 Å². The second-order valence-electron chi connectivity index (χ2n) is 3.93. The Hall–Kier alpha value is -1.32. The van der Waals surface area contributed by atoms with Crippen molar-refractivity contribution in [3.05, 3.63) is 63.1 Å². The van der Waals surface area contributed by atoms with Gasteiger partial charge in [0.15, 0.2) is 0 Å². The van der Waals surface area contributed by atoms with E-state index in [2.05, 4.69) is 21.2 Å². The maximum Gasteiger partial charge on any atom is 0.255 e. The van der Waals surface area contributed by atoms with Gasteiger partial charge in [-0.25, -0.2) is 0 Å². The summed E-state index contributed by atoms with van der Waals surface area (Å²) in [5.41, 5.74) is 2.33. The van der Waals surface area contributed by atoms with Crippen molar-refractivity contribution in [2.24, 2.45) is 0 Å². The van der Waals surface area contributed by atoms with Crippen LogP contribution in [-0.4, -0.2) is 5.91 Å². The molecule has 0 radical (unpaired) electrons. The van der Waals surface area contributed by atoms with Gasteiger partial charge >= 0.3 is 0 Å². The first-order chi connectivity index (χ1) is 8.56. The Morgan fingerprint density at radius 1 is 1.22 bits per heavy atom. The number of carbonyl (C=O) groups excluding carboxylic acids is 1. The number of benzene rings is 2. The van der Waals surface area contributed by atoms with Crippen LogP contribution in [0, 0.1) is 6.92 Å². The molecule has 0 aliphatic carbocycles. The van der Waals surface area contributed by atoms with Gasteiger partial charge in [0, 0.05) is 20.7 Å². The molecule has 0 aliphatic rings. The average molecular weight is 325 g/mol. The number of halogens is 2. The van der Waals surface area contributed by atoms with Crippen molar-refractivity contribution in [2.45, 2.75) is 6.92 Å². The highest BCUT2D eigenvalue weighted by Crippen LogP contribution is 2.19. The first kappa shape index (κ1) is 13.1. The van der Waals surface area contributed by atoms with Gasteiger partial charge in [0.25, 0.3) is 5.91 Å². The molecule has 2 aromatic rings. The standard InChI is InChI=1S/C14H11BrClNO/c1-9-7-10(5-6-13(9)15)14(18)17-12-4-2-3-11(16)8-12/h2-8H,1H3,(H,17,18). The van der Waals surface area contributed by atoms with Crippen LogP contribution >= 0.6 is 27.5 Å². The largest absolute Gasteiger partial charge is 0.322 e. The lowest BCUT2D eigenvalue weighted by molar-refractivity contribution is 0.102. The van der Waals surface area contributed by atoms with E-state index >= 15 is 0 Å². The summed E-state index contributed by atoms with van der Waals surface area (Å²) in [6.07, 6.45) is 0. The van der Waals surface area contributed by atoms with E-state index in [9.17, 15) is 4.79 Å². The summed E-state index contributed by atoms with van der Waals surface area (Å²) in [6.45, 7) is 1.94. The molecule has 18 heavy (non-hydrogen) atoms. The maximum absolute atomic E-state index is 12.0. The fraction of sp³-hybridized carbons (Fsp3) is 0.0714. The third kappa shape index (κ3) is 3.12. The molecule has 2 rings (SSSR count). The van der Waals surface area contributed by atoms with Crippen molar-refractivity contribution >= 4 is 39.1 Å². The fourth-order valence-electron chi connectivity index (χ4n) is 1.56. The SMILES string of the molecule is Cc1cc(C(=O)Nc2cccc(Cl)c2)ccc1Br. The molecular weight excluding hydrogens is 314 g/mol. The molecule has 0 unspecified atom stereocenters. The summed E-state index contributed by atoms with van der Waals surface area (Å²) in [5, 5.41) is 3.40. The number of hydrogen-bond donors (Lipinski definition) is 1. The Morgan fingerprint density at radius 2 is 2.00 bits per heavy atom. The van der Waals surface area contributed by atoms with E-state index in [1.54, 1.807) is 30.3 Å². The van der Waals surface area contributed by atoms with Crippen LogP contribution in [-0.2, 0) is 0 Å². The zero-order valence-corrected chi connectivity index (χ0v) is 12.0. The lowest BCUT2D eigenvalue weighted by atomic mass is 10.1. The van der Waals surface area contributed by atoms with Crippen molar-refractivity contribution in [2.75, 3.05) is 5.32 Å². The minimum absolute atomic E-state index is 0.145. The molecule has 0 aliphatic heterocycles. The molecule has 0 atom stereocenters. The molecule has 2 nitrogen and oxygen atoms in total. The van der Waals surface area contributed by atoms with E-state index in [1.807, 2.05) is 19.1 Å². The van der Waals surface area contributed by atoms with E-state index < -0.39 is 0 Å². The van der Waals surface area contributed by atoms with E-state index in [4.69, 9.17) is 11.6 Å². The van der Waals surface area contributed by atoms with Gasteiger partial charge in [-0.15, -0.1) is 0 Å². The monoisotopic (exact) mass is 323 g/mol. The second-order valence-corrected chi connectivity index (χ2v) is 5.22. The summed E-state index contributed by atoms with van der Waals surface area (Å²) in [5.74, 6) is -0.145. The molecule has 92 valence electrons. The van der Waals surface area contributed by atoms with Crippen LogP contribution in [0.4, 0.5) is 5.69 Å². The number of rotatable bonds is 2. The van der Waals surface area contributed by atoms with Crippen LogP contribution < -0.4 is 5.32 Å². The molecule has 0 spiro atoms. The maximum atomic E-state index is 12.0. The Kier molecular flexibility index (Phi) is 4.04. The van der Waals surface area contributed by atoms with E-state index in [1.165, 1.54) is 0 Å². The van der Waals surface area contributed by atoms with Crippen LogP contribution in [0.3, 0.4) is 0 Å². The van der Waals surface area contributed by atoms with Gasteiger partial charge in [0.1, 0.15) is 0 Å². The van der Waals surface area contributed by atoms with Crippen LogP contribution in [0.2, 0.25) is 5.02 Å². The predicted molar refractivity (Wildman–Crippen MR) is 78.3 cm³/mol. The fourth-order valence-corrected chi connectivity index (χ4v) is 1.99. The van der Waals surface area contributed by atoms with Gasteiger partial charge in [-0.1, -0.05) is 33.6 Å². The van der Waals surface area contributed by atoms with Crippen LogP contribution in [0.15, 0.2) is 46.9 Å². The third-order valence-electron chi connectivity index (χ3n) is 2.50. The zero-order chi connectivity index (χ0) is 13.1. The highest BCUT2D eigenvalue weighted by molar-refractivity contribution is 9.10. The molecule has 4 heteroatoms. The number of carbonyl (C=O) groups is 1. The summed E-state index contributed by atoms with van der Waals surface area (Å²) >= 11 is 9.27. The molecule has 1 amide bonds. The molecule has 0 saturated heterocycles. The van der Waals surface area contributed by atoms with E-state index in [-0.39, 0.29) is 5.91 Å². The first-order valence-electron chi connectivity index (χ1n) is 5.39. The van der Waals surface area contributed by atoms with Crippen molar-refractivity contribution in [1.29, 1.82) is 0 Å². The highest BCUT2D eigenvalue weighted by atomic mass is 79.9. The van der Waals surface area contributed by atoms with Crippen molar-refractivity contribution in [3.63, 3.8) is 0 Å².